The van der Waals surface area contributed by atoms with Crippen molar-refractivity contribution < 1.29 is 4.79 Å². The van der Waals surface area contributed by atoms with Gasteiger partial charge < -0.3 is 10.2 Å². The van der Waals surface area contributed by atoms with Gasteiger partial charge in [-0.05, 0) is 36.9 Å². The molecule has 1 aromatic carbocycles. The van der Waals surface area contributed by atoms with Crippen molar-refractivity contribution in [2.45, 2.75) is 31.2 Å². The molecular weight excluding hydrogens is 224 g/mol. The number of benzene rings is 1. The summed E-state index contributed by atoms with van der Waals surface area (Å²) in [5, 5.41) is 3.37. The molecule has 1 aliphatic carbocycles. The van der Waals surface area contributed by atoms with Gasteiger partial charge in [0.05, 0.1) is 5.92 Å². The third-order valence-corrected chi connectivity index (χ3v) is 4.32. The highest BCUT2D eigenvalue weighted by molar-refractivity contribution is 5.87. The Labute approximate surface area is 108 Å². The highest BCUT2D eigenvalue weighted by atomic mass is 16.2. The second-order valence-electron chi connectivity index (χ2n) is 5.40. The van der Waals surface area contributed by atoms with Crippen molar-refractivity contribution in [2.24, 2.45) is 0 Å². The predicted molar refractivity (Wildman–Crippen MR) is 71.5 cm³/mol. The SMILES string of the molecule is CN(C(=O)C1Cc2ccccc21)C1CCCNC1. The molecule has 0 aromatic heterocycles. The summed E-state index contributed by atoms with van der Waals surface area (Å²) in [6.07, 6.45) is 3.21. The molecule has 1 amide bonds. The van der Waals surface area contributed by atoms with Crippen LogP contribution in [0.4, 0.5) is 0 Å². The minimum absolute atomic E-state index is 0.105. The lowest BCUT2D eigenvalue weighted by Gasteiger charge is -2.37. The molecule has 1 saturated heterocycles. The fraction of sp³-hybridized carbons (Fsp3) is 0.533. The highest BCUT2D eigenvalue weighted by Gasteiger charge is 2.35. The van der Waals surface area contributed by atoms with E-state index in [1.807, 2.05) is 24.1 Å². The van der Waals surface area contributed by atoms with E-state index in [1.165, 1.54) is 17.5 Å². The second kappa shape index (κ2) is 4.73. The molecule has 1 N–H and O–H groups in total. The zero-order valence-electron chi connectivity index (χ0n) is 10.9. The van der Waals surface area contributed by atoms with Crippen LogP contribution in [-0.2, 0) is 11.2 Å². The predicted octanol–water partition coefficient (Wildman–Crippen LogP) is 1.54. The molecule has 2 aliphatic rings. The Morgan fingerprint density at radius 3 is 2.94 bits per heavy atom. The normalized spacial score (nSPS) is 26.1. The Bertz CT molecular complexity index is 452. The van der Waals surface area contributed by atoms with E-state index in [0.29, 0.717) is 11.9 Å². The summed E-state index contributed by atoms with van der Waals surface area (Å²) in [7, 11) is 1.96. The minimum Gasteiger partial charge on any atom is -0.341 e. The van der Waals surface area contributed by atoms with Gasteiger partial charge in [0.1, 0.15) is 0 Å². The molecule has 1 aromatic rings. The van der Waals surface area contributed by atoms with E-state index in [0.717, 1.165) is 25.9 Å². The zero-order valence-corrected chi connectivity index (χ0v) is 10.9. The van der Waals surface area contributed by atoms with Crippen molar-refractivity contribution in [1.29, 1.82) is 0 Å². The molecule has 0 bridgehead atoms. The number of nitrogens with one attached hydrogen (secondary N) is 1. The maximum absolute atomic E-state index is 12.5. The Morgan fingerprint density at radius 2 is 2.22 bits per heavy atom. The van der Waals surface area contributed by atoms with Crippen LogP contribution in [0.1, 0.15) is 29.9 Å². The van der Waals surface area contributed by atoms with E-state index < -0.39 is 0 Å². The van der Waals surface area contributed by atoms with Gasteiger partial charge in [-0.25, -0.2) is 0 Å². The zero-order chi connectivity index (χ0) is 12.5. The summed E-state index contributed by atoms with van der Waals surface area (Å²) in [5.74, 6) is 0.399. The molecule has 96 valence electrons. The first-order valence-corrected chi connectivity index (χ1v) is 6.82. The number of piperidine rings is 1. The number of carbonyl (C=O) groups is 1. The number of hydrogen-bond acceptors (Lipinski definition) is 2. The molecule has 3 rings (SSSR count). The third kappa shape index (κ3) is 1.93. The van der Waals surface area contributed by atoms with Crippen molar-refractivity contribution in [3.05, 3.63) is 35.4 Å². The number of fused-ring (bicyclic) bond motifs is 1. The van der Waals surface area contributed by atoms with Crippen molar-refractivity contribution in [3.63, 3.8) is 0 Å². The fourth-order valence-electron chi connectivity index (χ4n) is 3.07. The lowest BCUT2D eigenvalue weighted by atomic mass is 9.76. The van der Waals surface area contributed by atoms with Gasteiger partial charge in [-0.3, -0.25) is 4.79 Å². The maximum Gasteiger partial charge on any atom is 0.230 e. The monoisotopic (exact) mass is 244 g/mol. The molecule has 3 nitrogen and oxygen atoms in total. The smallest absolute Gasteiger partial charge is 0.230 e. The van der Waals surface area contributed by atoms with E-state index in [9.17, 15) is 4.79 Å². The number of hydrogen-bond donors (Lipinski definition) is 1. The average molecular weight is 244 g/mol. The fourth-order valence-corrected chi connectivity index (χ4v) is 3.07. The van der Waals surface area contributed by atoms with Gasteiger partial charge in [0.25, 0.3) is 0 Å². The lowest BCUT2D eigenvalue weighted by Crippen LogP contribution is -2.49. The van der Waals surface area contributed by atoms with Crippen LogP contribution in [-0.4, -0.2) is 37.0 Å². The molecule has 0 spiro atoms. The summed E-state index contributed by atoms with van der Waals surface area (Å²) >= 11 is 0. The Balaban J connectivity index is 1.69. The van der Waals surface area contributed by atoms with E-state index in [4.69, 9.17) is 0 Å². The number of rotatable bonds is 2. The lowest BCUT2D eigenvalue weighted by molar-refractivity contribution is -0.134. The minimum atomic E-state index is 0.105. The van der Waals surface area contributed by atoms with Gasteiger partial charge in [-0.1, -0.05) is 24.3 Å². The van der Waals surface area contributed by atoms with Crippen molar-refractivity contribution in [2.75, 3.05) is 20.1 Å². The van der Waals surface area contributed by atoms with Gasteiger partial charge in [0.2, 0.25) is 5.91 Å². The molecular formula is C15H20N2O. The maximum atomic E-state index is 12.5. The molecule has 2 atom stereocenters. The van der Waals surface area contributed by atoms with Crippen LogP contribution in [0.2, 0.25) is 0 Å². The van der Waals surface area contributed by atoms with E-state index >= 15 is 0 Å². The van der Waals surface area contributed by atoms with Gasteiger partial charge in [-0.15, -0.1) is 0 Å². The molecule has 1 aliphatic heterocycles. The first-order valence-electron chi connectivity index (χ1n) is 6.82. The molecule has 0 saturated carbocycles. The molecule has 18 heavy (non-hydrogen) atoms. The Hall–Kier alpha value is -1.35. The molecule has 0 radical (unpaired) electrons. The summed E-state index contributed by atoms with van der Waals surface area (Å²) in [5.41, 5.74) is 2.57. The van der Waals surface area contributed by atoms with Crippen LogP contribution in [0.15, 0.2) is 24.3 Å². The van der Waals surface area contributed by atoms with Crippen molar-refractivity contribution >= 4 is 5.91 Å². The van der Waals surface area contributed by atoms with Crippen molar-refractivity contribution in [1.82, 2.24) is 10.2 Å². The number of nitrogens with zero attached hydrogens (tertiary/aromatic N) is 1. The average Bonchev–Trinajstić information content (AvgIpc) is 2.40. The Morgan fingerprint density at radius 1 is 1.39 bits per heavy atom. The van der Waals surface area contributed by atoms with E-state index in [1.54, 1.807) is 0 Å². The summed E-state index contributed by atoms with van der Waals surface area (Å²) < 4.78 is 0. The summed E-state index contributed by atoms with van der Waals surface area (Å²) in [4.78, 5) is 14.5. The van der Waals surface area contributed by atoms with Crippen LogP contribution in [0.5, 0.6) is 0 Å². The standard InChI is InChI=1S/C15H20N2O/c1-17(12-6-4-8-16-10-12)15(18)14-9-11-5-2-3-7-13(11)14/h2-3,5,7,12,14,16H,4,6,8-10H2,1H3. The molecule has 1 heterocycles. The Kier molecular flexibility index (Phi) is 3.08. The quantitative estimate of drug-likeness (QED) is 0.856. The third-order valence-electron chi connectivity index (χ3n) is 4.32. The summed E-state index contributed by atoms with van der Waals surface area (Å²) in [6, 6.07) is 8.67. The largest absolute Gasteiger partial charge is 0.341 e. The van der Waals surface area contributed by atoms with Crippen molar-refractivity contribution in [3.8, 4) is 0 Å². The number of carbonyl (C=O) groups excluding carboxylic acids is 1. The van der Waals surface area contributed by atoms with Crippen LogP contribution in [0, 0.1) is 0 Å². The second-order valence-corrected chi connectivity index (χ2v) is 5.40. The summed E-state index contributed by atoms with van der Waals surface area (Å²) in [6.45, 7) is 2.03. The highest BCUT2D eigenvalue weighted by Crippen LogP contribution is 2.36. The first kappa shape index (κ1) is 11.7. The van der Waals surface area contributed by atoms with Crippen LogP contribution in [0.25, 0.3) is 0 Å². The molecule has 3 heteroatoms. The van der Waals surface area contributed by atoms with E-state index in [-0.39, 0.29) is 5.92 Å². The van der Waals surface area contributed by atoms with Gasteiger partial charge in [0.15, 0.2) is 0 Å². The molecule has 2 unspecified atom stereocenters. The van der Waals surface area contributed by atoms with Gasteiger partial charge >= 0.3 is 0 Å². The number of likely N-dealkylation sites (N-methyl/N-ethyl adjacent to an activating group) is 1. The topological polar surface area (TPSA) is 32.3 Å². The van der Waals surface area contributed by atoms with Gasteiger partial charge in [-0.2, -0.15) is 0 Å². The van der Waals surface area contributed by atoms with Crippen LogP contribution >= 0.6 is 0 Å². The first-order chi connectivity index (χ1) is 8.77. The molecule has 1 fully saturated rings. The number of amides is 1. The van der Waals surface area contributed by atoms with Crippen LogP contribution in [0.3, 0.4) is 0 Å². The van der Waals surface area contributed by atoms with E-state index in [2.05, 4.69) is 17.4 Å². The van der Waals surface area contributed by atoms with Crippen LogP contribution < -0.4 is 5.32 Å². The van der Waals surface area contributed by atoms with Gasteiger partial charge in [0, 0.05) is 19.6 Å².